The van der Waals surface area contributed by atoms with E-state index in [-0.39, 0.29) is 11.2 Å². The minimum absolute atomic E-state index is 0.351. The Kier molecular flexibility index (Phi) is 3.00. The molecule has 1 aliphatic carbocycles. The molecule has 3 rings (SSSR count). The van der Waals surface area contributed by atoms with Crippen LogP contribution in [0.25, 0.3) is 0 Å². The second-order valence-electron chi connectivity index (χ2n) is 6.50. The van der Waals surface area contributed by atoms with Crippen LogP contribution in [0.15, 0.2) is 6.20 Å². The van der Waals surface area contributed by atoms with E-state index in [2.05, 4.69) is 5.10 Å². The highest BCUT2D eigenvalue weighted by Gasteiger charge is 2.53. The van der Waals surface area contributed by atoms with Gasteiger partial charge in [-0.3, -0.25) is 4.68 Å². The number of hydrogen-bond acceptors (Lipinski definition) is 3. The molecule has 0 atom stereocenters. The van der Waals surface area contributed by atoms with Gasteiger partial charge < -0.3 is 9.31 Å². The highest BCUT2D eigenvalue weighted by atomic mass is 35.5. The largest absolute Gasteiger partial charge is 0.515 e. The van der Waals surface area contributed by atoms with Gasteiger partial charge in [-0.05, 0) is 47.0 Å². The Morgan fingerprint density at radius 3 is 2.32 bits per heavy atom. The van der Waals surface area contributed by atoms with E-state index in [1.54, 1.807) is 6.20 Å². The van der Waals surface area contributed by atoms with Gasteiger partial charge in [0, 0.05) is 0 Å². The zero-order valence-corrected chi connectivity index (χ0v) is 12.7. The number of rotatable bonds is 2. The highest BCUT2D eigenvalue weighted by Crippen LogP contribution is 2.38. The third kappa shape index (κ3) is 2.03. The van der Waals surface area contributed by atoms with Gasteiger partial charge in [-0.2, -0.15) is 5.10 Å². The lowest BCUT2D eigenvalue weighted by Crippen LogP contribution is -2.42. The average Bonchev–Trinajstić information content (AvgIpc) is 2.64. The second kappa shape index (κ2) is 4.24. The van der Waals surface area contributed by atoms with E-state index >= 15 is 0 Å². The summed E-state index contributed by atoms with van der Waals surface area (Å²) in [5.74, 6) is 0. The van der Waals surface area contributed by atoms with Crippen molar-refractivity contribution in [3.63, 3.8) is 0 Å². The van der Waals surface area contributed by atoms with E-state index in [0.29, 0.717) is 11.1 Å². The lowest BCUT2D eigenvalue weighted by molar-refractivity contribution is 0.00578. The molecule has 1 aromatic rings. The Morgan fingerprint density at radius 2 is 1.84 bits per heavy atom. The van der Waals surface area contributed by atoms with Crippen molar-refractivity contribution in [1.29, 1.82) is 0 Å². The van der Waals surface area contributed by atoms with Crippen LogP contribution in [-0.2, 0) is 9.31 Å². The van der Waals surface area contributed by atoms with Crippen LogP contribution in [0, 0.1) is 0 Å². The van der Waals surface area contributed by atoms with Crippen molar-refractivity contribution >= 4 is 24.3 Å². The number of halogens is 1. The van der Waals surface area contributed by atoms with Gasteiger partial charge in [0.05, 0.1) is 34.1 Å². The first-order valence-corrected chi connectivity index (χ1v) is 7.28. The zero-order valence-electron chi connectivity index (χ0n) is 11.9. The molecule has 1 saturated carbocycles. The smallest absolute Gasteiger partial charge is 0.398 e. The van der Waals surface area contributed by atoms with Crippen molar-refractivity contribution in [3.8, 4) is 0 Å². The van der Waals surface area contributed by atoms with Crippen LogP contribution in [0.2, 0.25) is 5.02 Å². The molecule has 0 bridgehead atoms. The van der Waals surface area contributed by atoms with Crippen LogP contribution in [0.3, 0.4) is 0 Å². The lowest BCUT2D eigenvalue weighted by atomic mass is 9.82. The average molecular weight is 283 g/mol. The summed E-state index contributed by atoms with van der Waals surface area (Å²) in [7, 11) is -0.430. The first-order chi connectivity index (χ1) is 8.82. The van der Waals surface area contributed by atoms with Gasteiger partial charge in [-0.1, -0.05) is 11.6 Å². The van der Waals surface area contributed by atoms with Gasteiger partial charge in [-0.15, -0.1) is 0 Å². The number of nitrogens with zero attached hydrogens (tertiary/aromatic N) is 2. The minimum Gasteiger partial charge on any atom is -0.398 e. The van der Waals surface area contributed by atoms with Gasteiger partial charge in [0.15, 0.2) is 0 Å². The van der Waals surface area contributed by atoms with Gasteiger partial charge in [0.1, 0.15) is 0 Å². The minimum atomic E-state index is -0.430. The Labute approximate surface area is 119 Å². The van der Waals surface area contributed by atoms with E-state index < -0.39 is 7.12 Å². The summed E-state index contributed by atoms with van der Waals surface area (Å²) in [6.45, 7) is 8.19. The second-order valence-corrected chi connectivity index (χ2v) is 6.90. The van der Waals surface area contributed by atoms with Crippen molar-refractivity contribution in [2.24, 2.45) is 0 Å². The molecule has 0 aromatic carbocycles. The third-order valence-electron chi connectivity index (χ3n) is 4.68. The first kappa shape index (κ1) is 13.5. The van der Waals surface area contributed by atoms with E-state index in [9.17, 15) is 0 Å². The van der Waals surface area contributed by atoms with E-state index in [1.165, 1.54) is 6.42 Å². The van der Waals surface area contributed by atoms with Crippen LogP contribution in [0.5, 0.6) is 0 Å². The molecule has 2 aliphatic rings. The summed E-state index contributed by atoms with van der Waals surface area (Å²) in [6, 6.07) is 0.446. The van der Waals surface area contributed by atoms with Gasteiger partial charge in [0.25, 0.3) is 0 Å². The van der Waals surface area contributed by atoms with Crippen molar-refractivity contribution in [1.82, 2.24) is 9.78 Å². The van der Waals surface area contributed by atoms with Crippen LogP contribution in [0.1, 0.15) is 53.0 Å². The molecule has 19 heavy (non-hydrogen) atoms. The molecular formula is C13H20BClN2O2. The topological polar surface area (TPSA) is 36.3 Å². The van der Waals surface area contributed by atoms with Crippen LogP contribution in [0.4, 0.5) is 0 Å². The maximum Gasteiger partial charge on any atom is 0.515 e. The maximum absolute atomic E-state index is 6.29. The van der Waals surface area contributed by atoms with Crippen molar-refractivity contribution in [3.05, 3.63) is 11.2 Å². The molecule has 4 nitrogen and oxygen atoms in total. The van der Waals surface area contributed by atoms with Crippen LogP contribution in [-0.4, -0.2) is 28.1 Å². The monoisotopic (exact) mass is 282 g/mol. The fourth-order valence-corrected chi connectivity index (χ4v) is 2.67. The van der Waals surface area contributed by atoms with Crippen molar-refractivity contribution in [2.45, 2.75) is 64.2 Å². The summed E-state index contributed by atoms with van der Waals surface area (Å²) < 4.78 is 14.2. The summed E-state index contributed by atoms with van der Waals surface area (Å²) in [5.41, 5.74) is 0.163. The predicted molar refractivity (Wildman–Crippen MR) is 75.8 cm³/mol. The molecule has 2 heterocycles. The highest BCUT2D eigenvalue weighted by molar-refractivity contribution is 6.64. The molecule has 0 N–H and O–H groups in total. The fraction of sp³-hybridized carbons (Fsp3) is 0.769. The van der Waals surface area contributed by atoms with Crippen LogP contribution < -0.4 is 5.59 Å². The van der Waals surface area contributed by atoms with Gasteiger partial charge in [-0.25, -0.2) is 0 Å². The molecule has 1 saturated heterocycles. The number of hydrogen-bond donors (Lipinski definition) is 0. The summed E-state index contributed by atoms with van der Waals surface area (Å²) in [6.07, 6.45) is 5.26. The summed E-state index contributed by atoms with van der Waals surface area (Å²) in [4.78, 5) is 0. The number of aromatic nitrogens is 2. The van der Waals surface area contributed by atoms with Crippen molar-refractivity contribution < 1.29 is 9.31 Å². The Morgan fingerprint density at radius 1 is 1.26 bits per heavy atom. The van der Waals surface area contributed by atoms with Gasteiger partial charge in [0.2, 0.25) is 0 Å². The molecular weight excluding hydrogens is 262 g/mol. The predicted octanol–water partition coefficient (Wildman–Crippen LogP) is 2.56. The fourth-order valence-electron chi connectivity index (χ4n) is 2.45. The van der Waals surface area contributed by atoms with Gasteiger partial charge >= 0.3 is 7.12 Å². The lowest BCUT2D eigenvalue weighted by Gasteiger charge is -2.32. The molecule has 0 amide bonds. The molecule has 0 spiro atoms. The van der Waals surface area contributed by atoms with E-state index in [0.717, 1.165) is 18.4 Å². The Balaban J connectivity index is 1.93. The summed E-state index contributed by atoms with van der Waals surface area (Å²) >= 11 is 6.29. The molecule has 1 aromatic heterocycles. The van der Waals surface area contributed by atoms with Crippen LogP contribution >= 0.6 is 11.6 Å². The first-order valence-electron chi connectivity index (χ1n) is 6.90. The molecule has 0 unspecified atom stereocenters. The quantitative estimate of drug-likeness (QED) is 0.782. The molecule has 104 valence electrons. The molecule has 6 heteroatoms. The van der Waals surface area contributed by atoms with E-state index in [4.69, 9.17) is 20.9 Å². The zero-order chi connectivity index (χ0) is 13.8. The molecule has 0 radical (unpaired) electrons. The standard InChI is InChI=1S/C13H20BClN2O2/c1-12(2)13(3,4)19-14(18-12)11-10(15)8-16-17(11)9-6-5-7-9/h8-9H,5-7H2,1-4H3. The summed E-state index contributed by atoms with van der Waals surface area (Å²) in [5, 5.41) is 5.03. The SMILES string of the molecule is CC1(C)OB(c2c(Cl)cnn2C2CCC2)OC1(C)C. The normalized spacial score (nSPS) is 25.6. The maximum atomic E-state index is 6.29. The Hall–Kier alpha value is -0.515. The molecule has 2 fully saturated rings. The Bertz CT molecular complexity index is 481. The third-order valence-corrected chi connectivity index (χ3v) is 4.98. The molecule has 1 aliphatic heterocycles. The van der Waals surface area contributed by atoms with Crippen molar-refractivity contribution in [2.75, 3.05) is 0 Å². The van der Waals surface area contributed by atoms with E-state index in [1.807, 2.05) is 32.4 Å².